The molecule has 0 radical (unpaired) electrons. The lowest BCUT2D eigenvalue weighted by molar-refractivity contribution is -0.137. The second-order valence-electron chi connectivity index (χ2n) is 5.52. The van der Waals surface area contributed by atoms with E-state index in [0.717, 1.165) is 5.56 Å². The molecule has 0 spiro atoms. The van der Waals surface area contributed by atoms with E-state index in [1.54, 1.807) is 62.8 Å². The average Bonchev–Trinajstić information content (AvgIpc) is 2.61. The molecule has 6 nitrogen and oxygen atoms in total. The van der Waals surface area contributed by atoms with Crippen LogP contribution in [0, 0.1) is 0 Å². The molecule has 0 saturated carbocycles. The van der Waals surface area contributed by atoms with Crippen LogP contribution in [0.25, 0.3) is 0 Å². The van der Waals surface area contributed by atoms with Gasteiger partial charge in [0.25, 0.3) is 0 Å². The van der Waals surface area contributed by atoms with Crippen molar-refractivity contribution in [1.29, 1.82) is 0 Å². The standard InChI is InChI=1S/C19H21NO5/c1-24-15-7-3-13(4-8-15)11-18(21)20-17(12-19(22)23)14-5-9-16(25-2)10-6-14/h3-10,17H,11-12H2,1-2H3,(H,20,21)(H,22,23)/t17-/m0/s1. The number of ether oxygens (including phenoxy) is 2. The van der Waals surface area contributed by atoms with Gasteiger partial charge in [0, 0.05) is 0 Å². The lowest BCUT2D eigenvalue weighted by atomic mass is 10.0. The normalized spacial score (nSPS) is 11.4. The Morgan fingerprint density at radius 1 is 0.960 bits per heavy atom. The molecule has 0 aliphatic rings. The summed E-state index contributed by atoms with van der Waals surface area (Å²) in [5.41, 5.74) is 1.54. The van der Waals surface area contributed by atoms with Crippen molar-refractivity contribution in [3.05, 3.63) is 59.7 Å². The number of hydrogen-bond acceptors (Lipinski definition) is 4. The first-order chi connectivity index (χ1) is 12.0. The van der Waals surface area contributed by atoms with Crippen LogP contribution < -0.4 is 14.8 Å². The van der Waals surface area contributed by atoms with Crippen LogP contribution in [0.3, 0.4) is 0 Å². The SMILES string of the molecule is COc1ccc(CC(=O)N[C@@H](CC(=O)O)c2ccc(OC)cc2)cc1. The van der Waals surface area contributed by atoms with Crippen molar-refractivity contribution in [2.45, 2.75) is 18.9 Å². The highest BCUT2D eigenvalue weighted by Gasteiger charge is 2.18. The maximum absolute atomic E-state index is 12.3. The van der Waals surface area contributed by atoms with Crippen LogP contribution in [-0.4, -0.2) is 31.2 Å². The van der Waals surface area contributed by atoms with Crippen LogP contribution in [-0.2, 0) is 16.0 Å². The van der Waals surface area contributed by atoms with Gasteiger partial charge in [0.1, 0.15) is 11.5 Å². The molecule has 0 unspecified atom stereocenters. The highest BCUT2D eigenvalue weighted by Crippen LogP contribution is 2.21. The fraction of sp³-hybridized carbons (Fsp3) is 0.263. The van der Waals surface area contributed by atoms with Gasteiger partial charge in [-0.2, -0.15) is 0 Å². The molecule has 1 atom stereocenters. The van der Waals surface area contributed by atoms with Crippen LogP contribution in [0.15, 0.2) is 48.5 Å². The zero-order valence-electron chi connectivity index (χ0n) is 14.2. The summed E-state index contributed by atoms with van der Waals surface area (Å²) in [7, 11) is 3.13. The number of carboxylic acids is 1. The molecule has 2 N–H and O–H groups in total. The molecule has 2 rings (SSSR count). The lowest BCUT2D eigenvalue weighted by Gasteiger charge is -2.18. The van der Waals surface area contributed by atoms with Crippen LogP contribution in [0.4, 0.5) is 0 Å². The largest absolute Gasteiger partial charge is 0.497 e. The molecule has 2 aromatic carbocycles. The minimum absolute atomic E-state index is 0.163. The predicted molar refractivity (Wildman–Crippen MR) is 92.8 cm³/mol. The van der Waals surface area contributed by atoms with Gasteiger partial charge in [-0.15, -0.1) is 0 Å². The first kappa shape index (κ1) is 18.3. The number of hydrogen-bond donors (Lipinski definition) is 2. The molecular formula is C19H21NO5. The quantitative estimate of drug-likeness (QED) is 0.769. The van der Waals surface area contributed by atoms with Crippen molar-refractivity contribution in [2.75, 3.05) is 14.2 Å². The zero-order valence-corrected chi connectivity index (χ0v) is 14.2. The van der Waals surface area contributed by atoms with E-state index in [9.17, 15) is 9.59 Å². The van der Waals surface area contributed by atoms with E-state index in [2.05, 4.69) is 5.32 Å². The number of carbonyl (C=O) groups excluding carboxylic acids is 1. The summed E-state index contributed by atoms with van der Waals surface area (Å²) in [5, 5.41) is 11.9. The molecule has 2 aromatic rings. The third-order valence-electron chi connectivity index (χ3n) is 3.76. The minimum Gasteiger partial charge on any atom is -0.497 e. The summed E-state index contributed by atoms with van der Waals surface area (Å²) in [4.78, 5) is 23.4. The molecular weight excluding hydrogens is 322 g/mol. The number of carbonyl (C=O) groups is 2. The third kappa shape index (κ3) is 5.53. The number of nitrogens with one attached hydrogen (secondary N) is 1. The Labute approximate surface area is 146 Å². The van der Waals surface area contributed by atoms with Gasteiger partial charge < -0.3 is 19.9 Å². The Kier molecular flexibility index (Phi) is 6.39. The fourth-order valence-corrected chi connectivity index (χ4v) is 2.44. The van der Waals surface area contributed by atoms with Crippen molar-refractivity contribution < 1.29 is 24.2 Å². The average molecular weight is 343 g/mol. The number of carboxylic acid groups (broad SMARTS) is 1. The lowest BCUT2D eigenvalue weighted by Crippen LogP contribution is -2.31. The van der Waals surface area contributed by atoms with Crippen LogP contribution in [0.1, 0.15) is 23.6 Å². The van der Waals surface area contributed by atoms with Crippen molar-refractivity contribution in [2.24, 2.45) is 0 Å². The molecule has 1 amide bonds. The second-order valence-corrected chi connectivity index (χ2v) is 5.52. The van der Waals surface area contributed by atoms with E-state index < -0.39 is 12.0 Å². The third-order valence-corrected chi connectivity index (χ3v) is 3.76. The van der Waals surface area contributed by atoms with E-state index in [0.29, 0.717) is 17.1 Å². The molecule has 0 bridgehead atoms. The van der Waals surface area contributed by atoms with Gasteiger partial charge in [-0.3, -0.25) is 9.59 Å². The summed E-state index contributed by atoms with van der Waals surface area (Å²) < 4.78 is 10.2. The topological polar surface area (TPSA) is 84.9 Å². The molecule has 0 aliphatic carbocycles. The Hall–Kier alpha value is -3.02. The molecule has 6 heteroatoms. The van der Waals surface area contributed by atoms with Crippen molar-refractivity contribution in [1.82, 2.24) is 5.32 Å². The van der Waals surface area contributed by atoms with Crippen LogP contribution >= 0.6 is 0 Å². The minimum atomic E-state index is -0.981. The highest BCUT2D eigenvalue weighted by molar-refractivity contribution is 5.80. The van der Waals surface area contributed by atoms with Gasteiger partial charge in [0.05, 0.1) is 33.1 Å². The van der Waals surface area contributed by atoms with Gasteiger partial charge in [-0.1, -0.05) is 24.3 Å². The molecule has 0 saturated heterocycles. The molecule has 0 fully saturated rings. The number of methoxy groups -OCH3 is 2. The number of amides is 1. The van der Waals surface area contributed by atoms with Crippen molar-refractivity contribution >= 4 is 11.9 Å². The maximum atomic E-state index is 12.3. The van der Waals surface area contributed by atoms with E-state index in [-0.39, 0.29) is 18.7 Å². The molecule has 132 valence electrons. The summed E-state index contributed by atoms with van der Waals surface area (Å²) in [5.74, 6) is 0.159. The van der Waals surface area contributed by atoms with Crippen molar-refractivity contribution in [3.8, 4) is 11.5 Å². The fourth-order valence-electron chi connectivity index (χ4n) is 2.44. The Bertz CT molecular complexity index is 710. The van der Waals surface area contributed by atoms with Gasteiger partial charge in [0.15, 0.2) is 0 Å². The molecule has 0 aliphatic heterocycles. The first-order valence-electron chi connectivity index (χ1n) is 7.80. The van der Waals surface area contributed by atoms with Gasteiger partial charge in [-0.05, 0) is 35.4 Å². The molecule has 0 heterocycles. The molecule has 0 aromatic heterocycles. The van der Waals surface area contributed by atoms with E-state index in [4.69, 9.17) is 14.6 Å². The van der Waals surface area contributed by atoms with Crippen LogP contribution in [0.2, 0.25) is 0 Å². The summed E-state index contributed by atoms with van der Waals surface area (Å²) in [6.45, 7) is 0. The summed E-state index contributed by atoms with van der Waals surface area (Å²) >= 11 is 0. The van der Waals surface area contributed by atoms with E-state index >= 15 is 0 Å². The predicted octanol–water partition coefficient (Wildman–Crippen LogP) is 2.58. The Balaban J connectivity index is 2.06. The van der Waals surface area contributed by atoms with Gasteiger partial charge in [0.2, 0.25) is 5.91 Å². The smallest absolute Gasteiger partial charge is 0.305 e. The van der Waals surface area contributed by atoms with Gasteiger partial charge >= 0.3 is 5.97 Å². The maximum Gasteiger partial charge on any atom is 0.305 e. The van der Waals surface area contributed by atoms with Crippen molar-refractivity contribution in [3.63, 3.8) is 0 Å². The van der Waals surface area contributed by atoms with E-state index in [1.807, 2.05) is 0 Å². The van der Waals surface area contributed by atoms with Gasteiger partial charge in [-0.25, -0.2) is 0 Å². The second kappa shape index (κ2) is 8.73. The van der Waals surface area contributed by atoms with Crippen LogP contribution in [0.5, 0.6) is 11.5 Å². The summed E-state index contributed by atoms with van der Waals surface area (Å²) in [6, 6.07) is 13.5. The van der Waals surface area contributed by atoms with E-state index in [1.165, 1.54) is 0 Å². The Morgan fingerprint density at radius 3 is 1.96 bits per heavy atom. The zero-order chi connectivity index (χ0) is 18.2. The monoisotopic (exact) mass is 343 g/mol. The first-order valence-corrected chi connectivity index (χ1v) is 7.80. The summed E-state index contributed by atoms with van der Waals surface area (Å²) in [6.07, 6.45) is -0.0308. The highest BCUT2D eigenvalue weighted by atomic mass is 16.5. The number of benzene rings is 2. The Morgan fingerprint density at radius 2 is 1.48 bits per heavy atom. The number of aliphatic carboxylic acids is 1. The number of rotatable bonds is 8. The molecule has 25 heavy (non-hydrogen) atoms.